The summed E-state index contributed by atoms with van der Waals surface area (Å²) in [6, 6.07) is 3.43. The van der Waals surface area contributed by atoms with E-state index in [0.29, 0.717) is 5.69 Å². The number of nitrogens with zero attached hydrogens (tertiary/aromatic N) is 5. The van der Waals surface area contributed by atoms with E-state index in [1.807, 2.05) is 4.90 Å². The molecule has 1 aliphatic heterocycles. The van der Waals surface area contributed by atoms with E-state index in [9.17, 15) is 18.0 Å². The van der Waals surface area contributed by atoms with Crippen LogP contribution < -0.4 is 10.2 Å². The lowest BCUT2D eigenvalue weighted by molar-refractivity contribution is -0.137. The van der Waals surface area contributed by atoms with E-state index >= 15 is 0 Å². The number of benzene rings is 1. The second-order valence-electron chi connectivity index (χ2n) is 5.83. The van der Waals surface area contributed by atoms with Crippen LogP contribution in [0, 0.1) is 0 Å². The van der Waals surface area contributed by atoms with Crippen molar-refractivity contribution in [1.29, 1.82) is 0 Å². The predicted molar refractivity (Wildman–Crippen MR) is 84.0 cm³/mol. The standard InChI is InChI=1S/C15H17F3N6O/c16-15(17,18)11-4-5-13(23-6-2-1-3-7-23)12(8-11)20-14(25)9-24-10-19-21-22-24/h4-5,8,10H,1-3,6-7,9H2,(H,20,25). The van der Waals surface area contributed by atoms with Gasteiger partial charge in [-0.2, -0.15) is 13.2 Å². The summed E-state index contributed by atoms with van der Waals surface area (Å²) in [4.78, 5) is 14.1. The first-order chi connectivity index (χ1) is 11.9. The largest absolute Gasteiger partial charge is 0.416 e. The highest BCUT2D eigenvalue weighted by Gasteiger charge is 2.31. The number of hydrogen-bond donors (Lipinski definition) is 1. The van der Waals surface area contributed by atoms with Crippen LogP contribution in [0.3, 0.4) is 0 Å². The fraction of sp³-hybridized carbons (Fsp3) is 0.467. The molecular weight excluding hydrogens is 337 g/mol. The maximum Gasteiger partial charge on any atom is 0.416 e. The number of carbonyl (C=O) groups excluding carboxylic acids is 1. The predicted octanol–water partition coefficient (Wildman–Crippen LogP) is 2.32. The molecule has 10 heteroatoms. The summed E-state index contributed by atoms with van der Waals surface area (Å²) in [7, 11) is 0. The van der Waals surface area contributed by atoms with Gasteiger partial charge in [-0.05, 0) is 47.9 Å². The molecule has 7 nitrogen and oxygen atoms in total. The molecule has 1 aromatic heterocycles. The zero-order valence-electron chi connectivity index (χ0n) is 13.3. The van der Waals surface area contributed by atoms with Gasteiger partial charge in [0.25, 0.3) is 0 Å². The average Bonchev–Trinajstić information content (AvgIpc) is 3.07. The van der Waals surface area contributed by atoms with Crippen LogP contribution in [0.15, 0.2) is 24.5 Å². The summed E-state index contributed by atoms with van der Waals surface area (Å²) in [5, 5.41) is 13.0. The molecule has 0 bridgehead atoms. The van der Waals surface area contributed by atoms with Crippen molar-refractivity contribution in [1.82, 2.24) is 20.2 Å². The Hall–Kier alpha value is -2.65. The Bertz CT molecular complexity index is 725. The lowest BCUT2D eigenvalue weighted by Crippen LogP contribution is -2.31. The average molecular weight is 354 g/mol. The molecule has 0 aliphatic carbocycles. The van der Waals surface area contributed by atoms with Gasteiger partial charge in [-0.25, -0.2) is 4.68 Å². The number of aromatic nitrogens is 4. The van der Waals surface area contributed by atoms with Gasteiger partial charge in [-0.3, -0.25) is 4.79 Å². The first-order valence-electron chi connectivity index (χ1n) is 7.90. The maximum absolute atomic E-state index is 13.0. The van der Waals surface area contributed by atoms with Gasteiger partial charge in [0.15, 0.2) is 0 Å². The first-order valence-corrected chi connectivity index (χ1v) is 7.90. The van der Waals surface area contributed by atoms with Crippen LogP contribution in [0.5, 0.6) is 0 Å². The Kier molecular flexibility index (Phi) is 4.86. The number of piperidine rings is 1. The molecule has 0 saturated carbocycles. The maximum atomic E-state index is 13.0. The number of nitrogens with one attached hydrogen (secondary N) is 1. The Balaban J connectivity index is 1.85. The second kappa shape index (κ2) is 7.08. The molecule has 134 valence electrons. The smallest absolute Gasteiger partial charge is 0.370 e. The van der Waals surface area contributed by atoms with E-state index < -0.39 is 17.6 Å². The lowest BCUT2D eigenvalue weighted by Gasteiger charge is -2.31. The van der Waals surface area contributed by atoms with Crippen LogP contribution >= 0.6 is 0 Å². The summed E-state index contributed by atoms with van der Waals surface area (Å²) in [6.07, 6.45) is -0.177. The molecule has 3 rings (SSSR count). The highest BCUT2D eigenvalue weighted by atomic mass is 19.4. The van der Waals surface area contributed by atoms with Crippen molar-refractivity contribution < 1.29 is 18.0 Å². The minimum Gasteiger partial charge on any atom is -0.370 e. The Morgan fingerprint density at radius 2 is 1.96 bits per heavy atom. The van der Waals surface area contributed by atoms with Gasteiger partial charge in [0.1, 0.15) is 12.9 Å². The van der Waals surface area contributed by atoms with Crippen LogP contribution in [0.2, 0.25) is 0 Å². The van der Waals surface area contributed by atoms with Crippen molar-refractivity contribution in [2.75, 3.05) is 23.3 Å². The first kappa shape index (κ1) is 17.2. The molecule has 1 fully saturated rings. The second-order valence-corrected chi connectivity index (χ2v) is 5.83. The molecule has 1 amide bonds. The minimum absolute atomic E-state index is 0.148. The Morgan fingerprint density at radius 3 is 2.60 bits per heavy atom. The van der Waals surface area contributed by atoms with Crippen LogP contribution in [0.1, 0.15) is 24.8 Å². The number of halogens is 3. The molecule has 0 unspecified atom stereocenters. The number of anilines is 2. The number of alkyl halides is 3. The zero-order chi connectivity index (χ0) is 17.9. The van der Waals surface area contributed by atoms with Crippen molar-refractivity contribution in [3.63, 3.8) is 0 Å². The van der Waals surface area contributed by atoms with Gasteiger partial charge in [-0.15, -0.1) is 5.10 Å². The highest BCUT2D eigenvalue weighted by Crippen LogP contribution is 2.36. The van der Waals surface area contributed by atoms with Crippen LogP contribution in [-0.2, 0) is 17.5 Å². The van der Waals surface area contributed by atoms with Gasteiger partial charge in [0.2, 0.25) is 5.91 Å². The van der Waals surface area contributed by atoms with Crippen molar-refractivity contribution in [2.45, 2.75) is 32.0 Å². The SMILES string of the molecule is O=C(Cn1cnnn1)Nc1cc(C(F)(F)F)ccc1N1CCCCC1. The van der Waals surface area contributed by atoms with Gasteiger partial charge in [0, 0.05) is 13.1 Å². The molecular formula is C15H17F3N6O. The summed E-state index contributed by atoms with van der Waals surface area (Å²) in [6.45, 7) is 1.32. The van der Waals surface area contributed by atoms with Crippen molar-refractivity contribution >= 4 is 17.3 Å². The molecule has 2 aromatic rings. The van der Waals surface area contributed by atoms with E-state index in [-0.39, 0.29) is 12.2 Å². The van der Waals surface area contributed by atoms with E-state index in [4.69, 9.17) is 0 Å². The van der Waals surface area contributed by atoms with Gasteiger partial charge >= 0.3 is 6.18 Å². The molecule has 1 aromatic carbocycles. The number of carbonyl (C=O) groups is 1. The molecule has 25 heavy (non-hydrogen) atoms. The van der Waals surface area contributed by atoms with E-state index in [0.717, 1.165) is 44.5 Å². The summed E-state index contributed by atoms with van der Waals surface area (Å²) >= 11 is 0. The lowest BCUT2D eigenvalue weighted by atomic mass is 10.1. The van der Waals surface area contributed by atoms with Gasteiger partial charge in [0.05, 0.1) is 16.9 Å². The monoisotopic (exact) mass is 354 g/mol. The van der Waals surface area contributed by atoms with Crippen LogP contribution in [0.4, 0.5) is 24.5 Å². The number of tetrazole rings is 1. The topological polar surface area (TPSA) is 75.9 Å². The Morgan fingerprint density at radius 1 is 1.20 bits per heavy atom. The van der Waals surface area contributed by atoms with Crippen molar-refractivity contribution in [2.24, 2.45) is 0 Å². The summed E-state index contributed by atoms with van der Waals surface area (Å²) in [5.74, 6) is -0.495. The third kappa shape index (κ3) is 4.25. The zero-order valence-corrected chi connectivity index (χ0v) is 13.3. The van der Waals surface area contributed by atoms with Crippen LogP contribution in [0.25, 0.3) is 0 Å². The molecule has 0 spiro atoms. The van der Waals surface area contributed by atoms with Crippen molar-refractivity contribution in [3.8, 4) is 0 Å². The third-order valence-corrected chi connectivity index (χ3v) is 3.99. The quantitative estimate of drug-likeness (QED) is 0.912. The fourth-order valence-electron chi connectivity index (χ4n) is 2.81. The minimum atomic E-state index is -4.48. The Labute approximate surface area is 141 Å². The number of hydrogen-bond acceptors (Lipinski definition) is 5. The van der Waals surface area contributed by atoms with E-state index in [1.54, 1.807) is 0 Å². The van der Waals surface area contributed by atoms with Crippen molar-refractivity contribution in [3.05, 3.63) is 30.1 Å². The fourth-order valence-corrected chi connectivity index (χ4v) is 2.81. The molecule has 0 radical (unpaired) electrons. The summed E-state index contributed by atoms with van der Waals surface area (Å²) in [5.41, 5.74) is -0.0569. The number of rotatable bonds is 4. The van der Waals surface area contributed by atoms with Gasteiger partial charge < -0.3 is 10.2 Å². The third-order valence-electron chi connectivity index (χ3n) is 3.99. The number of amides is 1. The normalized spacial score (nSPS) is 15.2. The molecule has 1 aliphatic rings. The molecule has 2 heterocycles. The summed E-state index contributed by atoms with van der Waals surface area (Å²) < 4.78 is 40.3. The molecule has 0 atom stereocenters. The van der Waals surface area contributed by atoms with E-state index in [2.05, 4.69) is 20.8 Å². The van der Waals surface area contributed by atoms with Crippen LogP contribution in [-0.4, -0.2) is 39.2 Å². The van der Waals surface area contributed by atoms with E-state index in [1.165, 1.54) is 17.1 Å². The molecule has 1 N–H and O–H groups in total. The van der Waals surface area contributed by atoms with Gasteiger partial charge in [-0.1, -0.05) is 0 Å². The highest BCUT2D eigenvalue weighted by molar-refractivity contribution is 5.94. The molecule has 1 saturated heterocycles.